The minimum absolute atomic E-state index is 0.00672. The lowest BCUT2D eigenvalue weighted by Gasteiger charge is -2.39. The number of carbonyl (C=O) groups excluding carboxylic acids is 2. The van der Waals surface area contributed by atoms with E-state index in [9.17, 15) is 9.59 Å². The predicted molar refractivity (Wildman–Crippen MR) is 132 cm³/mol. The fraction of sp³-hybridized carbons (Fsp3) is 0.481. The predicted octanol–water partition coefficient (Wildman–Crippen LogP) is 3.61. The highest BCUT2D eigenvalue weighted by Crippen LogP contribution is 2.26. The molecule has 0 spiro atoms. The molecule has 2 aliphatic heterocycles. The Bertz CT molecular complexity index is 948. The third kappa shape index (κ3) is 6.01. The van der Waals surface area contributed by atoms with Crippen molar-refractivity contribution in [2.45, 2.75) is 39.2 Å². The van der Waals surface area contributed by atoms with Crippen LogP contribution in [0.25, 0.3) is 0 Å². The molecule has 6 nitrogen and oxygen atoms in total. The molecular formula is C27H36N4O2. The second kappa shape index (κ2) is 10.9. The number of aryl methyl sites for hydroxylation is 2. The molecule has 0 unspecified atom stereocenters. The van der Waals surface area contributed by atoms with Crippen molar-refractivity contribution in [3.05, 3.63) is 65.2 Å². The first kappa shape index (κ1) is 23.5. The monoisotopic (exact) mass is 448 g/mol. The van der Waals surface area contributed by atoms with Crippen molar-refractivity contribution in [3.8, 4) is 0 Å². The Morgan fingerprint density at radius 2 is 1.58 bits per heavy atom. The van der Waals surface area contributed by atoms with Crippen molar-refractivity contribution in [3.63, 3.8) is 0 Å². The van der Waals surface area contributed by atoms with Gasteiger partial charge in [-0.1, -0.05) is 42.5 Å². The van der Waals surface area contributed by atoms with Gasteiger partial charge in [0.1, 0.15) is 6.04 Å². The van der Waals surface area contributed by atoms with Gasteiger partial charge in [0.2, 0.25) is 11.8 Å². The summed E-state index contributed by atoms with van der Waals surface area (Å²) in [6, 6.07) is 15.8. The van der Waals surface area contributed by atoms with E-state index in [-0.39, 0.29) is 17.9 Å². The number of nitrogens with zero attached hydrogens (tertiary/aromatic N) is 3. The summed E-state index contributed by atoms with van der Waals surface area (Å²) in [4.78, 5) is 32.7. The number of amides is 2. The molecule has 0 radical (unpaired) electrons. The van der Waals surface area contributed by atoms with Crippen LogP contribution in [-0.2, 0) is 9.59 Å². The van der Waals surface area contributed by atoms with E-state index in [4.69, 9.17) is 0 Å². The molecular weight excluding hydrogens is 412 g/mol. The maximum atomic E-state index is 13.5. The van der Waals surface area contributed by atoms with Crippen molar-refractivity contribution in [1.82, 2.24) is 14.7 Å². The molecule has 1 atom stereocenters. The zero-order valence-corrected chi connectivity index (χ0v) is 19.9. The average molecular weight is 449 g/mol. The van der Waals surface area contributed by atoms with E-state index in [0.717, 1.165) is 74.5 Å². The molecule has 0 aromatic heterocycles. The second-order valence-electron chi connectivity index (χ2n) is 9.37. The molecule has 2 fully saturated rings. The number of likely N-dealkylation sites (tertiary alicyclic amines) is 1. The summed E-state index contributed by atoms with van der Waals surface area (Å²) in [5.74, 6) is 0.239. The largest absolute Gasteiger partial charge is 0.342 e. The summed E-state index contributed by atoms with van der Waals surface area (Å²) in [5.41, 5.74) is 4.05. The number of rotatable bonds is 6. The maximum absolute atomic E-state index is 13.5. The van der Waals surface area contributed by atoms with Crippen molar-refractivity contribution >= 4 is 17.5 Å². The van der Waals surface area contributed by atoms with Gasteiger partial charge in [0.25, 0.3) is 0 Å². The molecule has 0 bridgehead atoms. The average Bonchev–Trinajstić information content (AvgIpc) is 2.84. The molecule has 4 rings (SSSR count). The Balaban J connectivity index is 1.42. The molecule has 2 aromatic rings. The van der Waals surface area contributed by atoms with Crippen LogP contribution in [0.3, 0.4) is 0 Å². The molecule has 2 saturated heterocycles. The molecule has 2 aromatic carbocycles. The number of anilines is 1. The number of piperazine rings is 1. The molecule has 33 heavy (non-hydrogen) atoms. The van der Waals surface area contributed by atoms with Crippen LogP contribution in [0.1, 0.15) is 42.0 Å². The summed E-state index contributed by atoms with van der Waals surface area (Å²) in [5, 5.41) is 3.18. The molecule has 2 amide bonds. The summed E-state index contributed by atoms with van der Waals surface area (Å²) in [7, 11) is 0. The molecule has 0 aliphatic carbocycles. The highest BCUT2D eigenvalue weighted by atomic mass is 16.2. The Morgan fingerprint density at radius 1 is 0.879 bits per heavy atom. The number of piperidine rings is 1. The van der Waals surface area contributed by atoms with E-state index in [1.807, 2.05) is 61.2 Å². The number of carbonyl (C=O) groups is 2. The summed E-state index contributed by atoms with van der Waals surface area (Å²) in [6.45, 7) is 9.43. The van der Waals surface area contributed by atoms with Crippen LogP contribution in [-0.4, -0.2) is 72.3 Å². The summed E-state index contributed by atoms with van der Waals surface area (Å²) in [6.07, 6.45) is 3.47. The van der Waals surface area contributed by atoms with Crippen molar-refractivity contribution in [2.24, 2.45) is 0 Å². The summed E-state index contributed by atoms with van der Waals surface area (Å²) >= 11 is 0. The number of nitrogens with one attached hydrogen (secondary N) is 1. The topological polar surface area (TPSA) is 55.9 Å². The van der Waals surface area contributed by atoms with Crippen molar-refractivity contribution in [1.29, 1.82) is 0 Å². The van der Waals surface area contributed by atoms with Gasteiger partial charge in [-0.2, -0.15) is 0 Å². The summed E-state index contributed by atoms with van der Waals surface area (Å²) < 4.78 is 0. The number of benzene rings is 2. The highest BCUT2D eigenvalue weighted by molar-refractivity contribution is 5.96. The fourth-order valence-electron chi connectivity index (χ4n) is 4.85. The van der Waals surface area contributed by atoms with E-state index in [2.05, 4.69) is 21.2 Å². The van der Waals surface area contributed by atoms with Gasteiger partial charge in [-0.25, -0.2) is 0 Å². The Morgan fingerprint density at radius 3 is 2.27 bits per heavy atom. The zero-order valence-electron chi connectivity index (χ0n) is 19.9. The molecule has 0 saturated carbocycles. The van der Waals surface area contributed by atoms with Crippen molar-refractivity contribution < 1.29 is 9.59 Å². The fourth-order valence-corrected chi connectivity index (χ4v) is 4.85. The SMILES string of the molecule is Cc1ccc(C)c(NC(=O)[C@@H](c2ccccc2)N2CCN(CC(=O)N3CCCCC3)CC2)c1. The number of hydrogen-bond donors (Lipinski definition) is 1. The van der Waals surface area contributed by atoms with Crippen LogP contribution in [0, 0.1) is 13.8 Å². The Kier molecular flexibility index (Phi) is 7.78. The van der Waals surface area contributed by atoms with Crippen LogP contribution in [0.5, 0.6) is 0 Å². The van der Waals surface area contributed by atoms with Gasteiger partial charge in [0.05, 0.1) is 6.54 Å². The van der Waals surface area contributed by atoms with Crippen LogP contribution in [0.4, 0.5) is 5.69 Å². The molecule has 2 heterocycles. The van der Waals surface area contributed by atoms with Gasteiger partial charge in [-0.15, -0.1) is 0 Å². The van der Waals surface area contributed by atoms with Crippen LogP contribution >= 0.6 is 0 Å². The van der Waals surface area contributed by atoms with E-state index >= 15 is 0 Å². The number of hydrogen-bond acceptors (Lipinski definition) is 4. The van der Waals surface area contributed by atoms with E-state index in [1.165, 1.54) is 6.42 Å². The first-order valence-electron chi connectivity index (χ1n) is 12.2. The highest BCUT2D eigenvalue weighted by Gasteiger charge is 2.31. The van der Waals surface area contributed by atoms with Gasteiger partial charge >= 0.3 is 0 Å². The molecule has 176 valence electrons. The molecule has 1 N–H and O–H groups in total. The van der Waals surface area contributed by atoms with Gasteiger partial charge in [-0.3, -0.25) is 19.4 Å². The first-order chi connectivity index (χ1) is 16.0. The first-order valence-corrected chi connectivity index (χ1v) is 12.2. The normalized spacial score (nSPS) is 18.7. The standard InChI is InChI=1S/C27H36N4O2/c1-21-11-12-22(2)24(19-21)28-27(33)26(23-9-5-3-6-10-23)31-17-15-29(16-18-31)20-25(32)30-13-7-4-8-14-30/h3,5-6,9-12,19,26H,4,7-8,13-18,20H2,1-2H3,(H,28,33)/t26-/m1/s1. The zero-order chi connectivity index (χ0) is 23.2. The lowest BCUT2D eigenvalue weighted by molar-refractivity contribution is -0.134. The Hall–Kier alpha value is -2.70. The van der Waals surface area contributed by atoms with E-state index in [0.29, 0.717) is 6.54 Å². The van der Waals surface area contributed by atoms with Crippen molar-refractivity contribution in [2.75, 3.05) is 51.1 Å². The lowest BCUT2D eigenvalue weighted by atomic mass is 10.0. The van der Waals surface area contributed by atoms with Gasteiger partial charge in [-0.05, 0) is 55.9 Å². The van der Waals surface area contributed by atoms with E-state index < -0.39 is 0 Å². The maximum Gasteiger partial charge on any atom is 0.246 e. The minimum Gasteiger partial charge on any atom is -0.342 e. The minimum atomic E-state index is -0.356. The van der Waals surface area contributed by atoms with Gasteiger partial charge < -0.3 is 10.2 Å². The van der Waals surface area contributed by atoms with Gasteiger partial charge in [0, 0.05) is 45.0 Å². The third-order valence-electron chi connectivity index (χ3n) is 6.85. The molecule has 6 heteroatoms. The van der Waals surface area contributed by atoms with Crippen LogP contribution in [0.2, 0.25) is 0 Å². The Labute approximate surface area is 197 Å². The third-order valence-corrected chi connectivity index (χ3v) is 6.85. The van der Waals surface area contributed by atoms with Gasteiger partial charge in [0.15, 0.2) is 0 Å². The second-order valence-corrected chi connectivity index (χ2v) is 9.37. The van der Waals surface area contributed by atoms with Crippen LogP contribution < -0.4 is 5.32 Å². The lowest BCUT2D eigenvalue weighted by Crippen LogP contribution is -2.52. The quantitative estimate of drug-likeness (QED) is 0.734. The molecule has 2 aliphatic rings. The smallest absolute Gasteiger partial charge is 0.246 e. The van der Waals surface area contributed by atoms with E-state index in [1.54, 1.807) is 0 Å². The van der Waals surface area contributed by atoms with Crippen LogP contribution in [0.15, 0.2) is 48.5 Å².